The molecule has 0 aliphatic rings. The standard InChI is InChI=1S/C14H15ClN4O3/c1-9-6-13(19-22-9)17-14(20)8-21-18-12(16)7-10-4-2-3-5-11(10)15/h2-6H,7-8H2,1H3,(H2,16,18)(H,17,19,20). The third-order valence-electron chi connectivity index (χ3n) is 2.60. The summed E-state index contributed by atoms with van der Waals surface area (Å²) in [5, 5.41) is 10.4. The summed E-state index contributed by atoms with van der Waals surface area (Å²) in [4.78, 5) is 16.5. The molecule has 0 radical (unpaired) electrons. The summed E-state index contributed by atoms with van der Waals surface area (Å²) in [5.41, 5.74) is 6.55. The van der Waals surface area contributed by atoms with Crippen molar-refractivity contribution in [2.24, 2.45) is 10.9 Å². The molecule has 0 unspecified atom stereocenters. The largest absolute Gasteiger partial charge is 0.384 e. The zero-order chi connectivity index (χ0) is 15.9. The van der Waals surface area contributed by atoms with Gasteiger partial charge in [0.1, 0.15) is 11.6 Å². The van der Waals surface area contributed by atoms with Gasteiger partial charge in [-0.25, -0.2) is 0 Å². The average molecular weight is 323 g/mol. The predicted octanol–water partition coefficient (Wildman–Crippen LogP) is 2.11. The number of amidine groups is 1. The highest BCUT2D eigenvalue weighted by Crippen LogP contribution is 2.15. The van der Waals surface area contributed by atoms with Gasteiger partial charge in [0.25, 0.3) is 5.91 Å². The maximum absolute atomic E-state index is 11.6. The Morgan fingerprint density at radius 3 is 2.95 bits per heavy atom. The fraction of sp³-hybridized carbons (Fsp3) is 0.214. The van der Waals surface area contributed by atoms with E-state index in [-0.39, 0.29) is 12.4 Å². The molecule has 1 amide bonds. The van der Waals surface area contributed by atoms with Crippen LogP contribution in [0.3, 0.4) is 0 Å². The van der Waals surface area contributed by atoms with Gasteiger partial charge in [0.05, 0.1) is 0 Å². The van der Waals surface area contributed by atoms with Gasteiger partial charge in [0.2, 0.25) is 0 Å². The third-order valence-corrected chi connectivity index (χ3v) is 2.97. The Balaban J connectivity index is 1.79. The SMILES string of the molecule is Cc1cc(NC(=O)CON=C(N)Cc2ccccc2Cl)no1. The molecule has 0 aliphatic carbocycles. The van der Waals surface area contributed by atoms with Crippen molar-refractivity contribution in [1.29, 1.82) is 0 Å². The maximum atomic E-state index is 11.6. The number of hydrogen-bond acceptors (Lipinski definition) is 5. The van der Waals surface area contributed by atoms with E-state index < -0.39 is 5.91 Å². The molecular weight excluding hydrogens is 308 g/mol. The lowest BCUT2D eigenvalue weighted by molar-refractivity contribution is -0.120. The molecule has 8 heteroatoms. The molecule has 7 nitrogen and oxygen atoms in total. The summed E-state index contributed by atoms with van der Waals surface area (Å²) >= 11 is 6.01. The summed E-state index contributed by atoms with van der Waals surface area (Å²) in [6.45, 7) is 1.44. The molecule has 1 heterocycles. The van der Waals surface area contributed by atoms with Gasteiger partial charge in [0, 0.05) is 17.5 Å². The number of carbonyl (C=O) groups is 1. The molecular formula is C14H15ClN4O3. The molecule has 0 atom stereocenters. The van der Waals surface area contributed by atoms with Crippen LogP contribution in [0.4, 0.5) is 5.82 Å². The minimum Gasteiger partial charge on any atom is -0.384 e. The Morgan fingerprint density at radius 1 is 1.50 bits per heavy atom. The van der Waals surface area contributed by atoms with E-state index in [1.165, 1.54) is 0 Å². The van der Waals surface area contributed by atoms with Crippen LogP contribution >= 0.6 is 11.6 Å². The lowest BCUT2D eigenvalue weighted by Gasteiger charge is -2.04. The highest BCUT2D eigenvalue weighted by Gasteiger charge is 2.07. The number of aromatic nitrogens is 1. The van der Waals surface area contributed by atoms with Gasteiger partial charge in [-0.3, -0.25) is 4.79 Å². The van der Waals surface area contributed by atoms with Crippen molar-refractivity contribution in [2.75, 3.05) is 11.9 Å². The molecule has 0 saturated heterocycles. The summed E-state index contributed by atoms with van der Waals surface area (Å²) in [6, 6.07) is 8.87. The van der Waals surface area contributed by atoms with Crippen LogP contribution in [0, 0.1) is 6.92 Å². The van der Waals surface area contributed by atoms with E-state index in [4.69, 9.17) is 26.7 Å². The molecule has 1 aromatic carbocycles. The Bertz CT molecular complexity index is 684. The smallest absolute Gasteiger partial charge is 0.266 e. The summed E-state index contributed by atoms with van der Waals surface area (Å²) in [5.74, 6) is 0.720. The van der Waals surface area contributed by atoms with E-state index in [0.717, 1.165) is 5.56 Å². The number of nitrogens with zero attached hydrogens (tertiary/aromatic N) is 2. The Labute approximate surface area is 132 Å². The minimum absolute atomic E-state index is 0.221. The molecule has 0 saturated carbocycles. The van der Waals surface area contributed by atoms with Crippen LogP contribution in [0.2, 0.25) is 5.02 Å². The molecule has 0 bridgehead atoms. The number of aryl methyl sites for hydroxylation is 1. The second-order valence-corrected chi connectivity index (χ2v) is 4.90. The molecule has 2 rings (SSSR count). The van der Waals surface area contributed by atoms with Crippen molar-refractivity contribution in [1.82, 2.24) is 5.16 Å². The third kappa shape index (κ3) is 4.78. The molecule has 22 heavy (non-hydrogen) atoms. The molecule has 1 aromatic heterocycles. The highest BCUT2D eigenvalue weighted by atomic mass is 35.5. The number of nitrogens with one attached hydrogen (secondary N) is 1. The van der Waals surface area contributed by atoms with Gasteiger partial charge in [-0.05, 0) is 18.6 Å². The first-order valence-electron chi connectivity index (χ1n) is 6.45. The number of amides is 1. The van der Waals surface area contributed by atoms with Gasteiger partial charge >= 0.3 is 0 Å². The second kappa shape index (κ2) is 7.46. The van der Waals surface area contributed by atoms with Crippen LogP contribution in [0.5, 0.6) is 0 Å². The zero-order valence-corrected chi connectivity index (χ0v) is 12.6. The van der Waals surface area contributed by atoms with Gasteiger partial charge in [-0.2, -0.15) is 0 Å². The van der Waals surface area contributed by atoms with E-state index in [2.05, 4.69) is 15.6 Å². The van der Waals surface area contributed by atoms with Crippen molar-refractivity contribution < 1.29 is 14.2 Å². The van der Waals surface area contributed by atoms with Gasteiger partial charge in [0.15, 0.2) is 12.4 Å². The summed E-state index contributed by atoms with van der Waals surface area (Å²) in [6.07, 6.45) is 0.337. The van der Waals surface area contributed by atoms with Crippen LogP contribution in [-0.2, 0) is 16.1 Å². The minimum atomic E-state index is -0.414. The lowest BCUT2D eigenvalue weighted by atomic mass is 10.1. The first-order valence-corrected chi connectivity index (χ1v) is 6.83. The first-order chi connectivity index (χ1) is 10.5. The maximum Gasteiger partial charge on any atom is 0.266 e. The van der Waals surface area contributed by atoms with Crippen molar-refractivity contribution in [3.8, 4) is 0 Å². The predicted molar refractivity (Wildman–Crippen MR) is 82.6 cm³/mol. The van der Waals surface area contributed by atoms with E-state index >= 15 is 0 Å². The molecule has 0 fully saturated rings. The average Bonchev–Trinajstić information content (AvgIpc) is 2.86. The van der Waals surface area contributed by atoms with Crippen LogP contribution in [0.1, 0.15) is 11.3 Å². The van der Waals surface area contributed by atoms with E-state index in [0.29, 0.717) is 23.0 Å². The number of anilines is 1. The van der Waals surface area contributed by atoms with Crippen molar-refractivity contribution in [3.63, 3.8) is 0 Å². The van der Waals surface area contributed by atoms with Gasteiger partial charge in [-0.15, -0.1) is 0 Å². The normalized spacial score (nSPS) is 11.3. The van der Waals surface area contributed by atoms with Crippen molar-refractivity contribution in [3.05, 3.63) is 46.7 Å². The zero-order valence-electron chi connectivity index (χ0n) is 11.9. The summed E-state index contributed by atoms with van der Waals surface area (Å²) in [7, 11) is 0. The van der Waals surface area contributed by atoms with Crippen molar-refractivity contribution in [2.45, 2.75) is 13.3 Å². The van der Waals surface area contributed by atoms with Crippen LogP contribution in [0.15, 0.2) is 40.0 Å². The van der Waals surface area contributed by atoms with Crippen LogP contribution in [-0.4, -0.2) is 23.5 Å². The summed E-state index contributed by atoms with van der Waals surface area (Å²) < 4.78 is 4.82. The molecule has 2 aromatic rings. The first kappa shape index (κ1) is 15.8. The number of carbonyl (C=O) groups excluding carboxylic acids is 1. The van der Waals surface area contributed by atoms with Crippen LogP contribution in [0.25, 0.3) is 0 Å². The fourth-order valence-corrected chi connectivity index (χ4v) is 1.85. The number of nitrogens with two attached hydrogens (primary N) is 1. The lowest BCUT2D eigenvalue weighted by Crippen LogP contribution is -2.20. The molecule has 3 N–H and O–H groups in total. The fourth-order valence-electron chi connectivity index (χ4n) is 1.65. The molecule has 0 aliphatic heterocycles. The number of rotatable bonds is 6. The number of hydrogen-bond donors (Lipinski definition) is 2. The number of benzene rings is 1. The van der Waals surface area contributed by atoms with E-state index in [1.54, 1.807) is 19.1 Å². The molecule has 116 valence electrons. The quantitative estimate of drug-likeness (QED) is 0.481. The van der Waals surface area contributed by atoms with Crippen molar-refractivity contribution >= 4 is 29.2 Å². The Hall–Kier alpha value is -2.54. The van der Waals surface area contributed by atoms with Gasteiger partial charge < -0.3 is 20.4 Å². The molecule has 0 spiro atoms. The Morgan fingerprint density at radius 2 is 2.27 bits per heavy atom. The highest BCUT2D eigenvalue weighted by molar-refractivity contribution is 6.31. The van der Waals surface area contributed by atoms with E-state index in [1.807, 2.05) is 18.2 Å². The topological polar surface area (TPSA) is 103 Å². The number of halogens is 1. The van der Waals surface area contributed by atoms with Gasteiger partial charge in [-0.1, -0.05) is 40.1 Å². The van der Waals surface area contributed by atoms with Crippen LogP contribution < -0.4 is 11.1 Å². The monoisotopic (exact) mass is 322 g/mol. The Kier molecular flexibility index (Phi) is 5.37. The second-order valence-electron chi connectivity index (χ2n) is 4.50. The number of oxime groups is 1. The van der Waals surface area contributed by atoms with E-state index in [9.17, 15) is 4.79 Å².